The molecule has 0 radical (unpaired) electrons. The number of nitrogens with two attached hydrogens (primary N) is 1. The van der Waals surface area contributed by atoms with Crippen molar-refractivity contribution in [3.8, 4) is 0 Å². The van der Waals surface area contributed by atoms with Gasteiger partial charge in [-0.05, 0) is 42.1 Å². The van der Waals surface area contributed by atoms with Crippen LogP contribution in [0.5, 0.6) is 0 Å². The van der Waals surface area contributed by atoms with Crippen molar-refractivity contribution in [2.75, 3.05) is 0 Å². The molecule has 0 amide bonds. The third-order valence-corrected chi connectivity index (χ3v) is 5.66. The average molecular weight is 344 g/mol. The van der Waals surface area contributed by atoms with Gasteiger partial charge in [0, 0.05) is 25.4 Å². The molecular formula is C15H26BrN3O. The first kappa shape index (κ1) is 16.0. The van der Waals surface area contributed by atoms with Gasteiger partial charge in [-0.2, -0.15) is 5.10 Å². The molecule has 0 bridgehead atoms. The normalized spacial score (nSPS) is 31.8. The van der Waals surface area contributed by atoms with Crippen molar-refractivity contribution in [2.24, 2.45) is 24.6 Å². The Bertz CT molecular complexity index is 474. The van der Waals surface area contributed by atoms with Crippen molar-refractivity contribution in [2.45, 2.75) is 58.8 Å². The van der Waals surface area contributed by atoms with Crippen LogP contribution < -0.4 is 5.73 Å². The van der Waals surface area contributed by atoms with Crippen LogP contribution in [-0.4, -0.2) is 28.0 Å². The van der Waals surface area contributed by atoms with Gasteiger partial charge in [0.25, 0.3) is 0 Å². The standard InChI is InChI=1S/C15H26BrN3O/c1-6-12-15(16)13(19(5)18-12)7-11(17)14-8(2)9(3)20-10(14)4/h8-11,14H,6-7,17H2,1-5H3. The number of ether oxygens (including phenoxy) is 1. The van der Waals surface area contributed by atoms with Gasteiger partial charge in [0.05, 0.1) is 28.1 Å². The summed E-state index contributed by atoms with van der Waals surface area (Å²) in [7, 11) is 1.99. The monoisotopic (exact) mass is 343 g/mol. The Kier molecular flexibility index (Phi) is 4.92. The Labute approximate surface area is 130 Å². The summed E-state index contributed by atoms with van der Waals surface area (Å²) in [5.74, 6) is 0.898. The predicted molar refractivity (Wildman–Crippen MR) is 84.6 cm³/mol. The maximum atomic E-state index is 6.50. The molecule has 20 heavy (non-hydrogen) atoms. The van der Waals surface area contributed by atoms with Crippen molar-refractivity contribution in [3.63, 3.8) is 0 Å². The van der Waals surface area contributed by atoms with Gasteiger partial charge in [-0.3, -0.25) is 4.68 Å². The van der Waals surface area contributed by atoms with Crippen molar-refractivity contribution in [1.82, 2.24) is 9.78 Å². The second-order valence-electron chi connectivity index (χ2n) is 6.04. The van der Waals surface area contributed by atoms with E-state index in [1.807, 2.05) is 11.7 Å². The molecule has 0 saturated carbocycles. The largest absolute Gasteiger partial charge is 0.375 e. The molecule has 1 saturated heterocycles. The SMILES string of the molecule is CCc1nn(C)c(CC(N)C2C(C)OC(C)C2C)c1Br. The molecule has 1 aliphatic rings. The summed E-state index contributed by atoms with van der Waals surface area (Å²) in [5, 5.41) is 4.54. The van der Waals surface area contributed by atoms with Gasteiger partial charge in [-0.15, -0.1) is 0 Å². The molecule has 5 atom stereocenters. The fraction of sp³-hybridized carbons (Fsp3) is 0.800. The summed E-state index contributed by atoms with van der Waals surface area (Å²) >= 11 is 3.67. The molecule has 5 heteroatoms. The quantitative estimate of drug-likeness (QED) is 0.914. The van der Waals surface area contributed by atoms with E-state index in [4.69, 9.17) is 10.5 Å². The summed E-state index contributed by atoms with van der Waals surface area (Å²) in [4.78, 5) is 0. The lowest BCUT2D eigenvalue weighted by molar-refractivity contribution is 0.0489. The third kappa shape index (κ3) is 2.81. The maximum Gasteiger partial charge on any atom is 0.0766 e. The average Bonchev–Trinajstić information content (AvgIpc) is 2.79. The van der Waals surface area contributed by atoms with E-state index < -0.39 is 0 Å². The van der Waals surface area contributed by atoms with Crippen LogP contribution in [0.4, 0.5) is 0 Å². The lowest BCUT2D eigenvalue weighted by Crippen LogP contribution is -2.39. The smallest absolute Gasteiger partial charge is 0.0766 e. The van der Waals surface area contributed by atoms with Gasteiger partial charge < -0.3 is 10.5 Å². The van der Waals surface area contributed by atoms with E-state index in [9.17, 15) is 0 Å². The van der Waals surface area contributed by atoms with Gasteiger partial charge in [-0.1, -0.05) is 13.8 Å². The van der Waals surface area contributed by atoms with Crippen LogP contribution in [0.25, 0.3) is 0 Å². The minimum absolute atomic E-state index is 0.0985. The molecule has 2 heterocycles. The van der Waals surface area contributed by atoms with Crippen molar-refractivity contribution in [1.29, 1.82) is 0 Å². The van der Waals surface area contributed by atoms with Gasteiger partial charge >= 0.3 is 0 Å². The molecule has 114 valence electrons. The summed E-state index contributed by atoms with van der Waals surface area (Å²) in [5.41, 5.74) is 8.79. The highest BCUT2D eigenvalue weighted by atomic mass is 79.9. The number of rotatable bonds is 4. The van der Waals surface area contributed by atoms with Gasteiger partial charge in [0.2, 0.25) is 0 Å². The predicted octanol–water partition coefficient (Wildman–Crippen LogP) is 2.67. The Morgan fingerprint density at radius 3 is 2.45 bits per heavy atom. The zero-order valence-electron chi connectivity index (χ0n) is 13.1. The Hall–Kier alpha value is -0.390. The highest BCUT2D eigenvalue weighted by Crippen LogP contribution is 2.35. The molecule has 0 aromatic carbocycles. The Balaban J connectivity index is 2.16. The molecule has 0 spiro atoms. The summed E-state index contributed by atoms with van der Waals surface area (Å²) in [6.07, 6.45) is 2.29. The van der Waals surface area contributed by atoms with Crippen LogP contribution in [0.15, 0.2) is 4.47 Å². The van der Waals surface area contributed by atoms with Crippen LogP contribution in [-0.2, 0) is 24.6 Å². The van der Waals surface area contributed by atoms with Gasteiger partial charge in [0.1, 0.15) is 0 Å². The second kappa shape index (κ2) is 6.16. The first-order valence-electron chi connectivity index (χ1n) is 7.48. The minimum atomic E-state index is 0.0985. The van der Waals surface area contributed by atoms with E-state index in [0.29, 0.717) is 17.9 Å². The van der Waals surface area contributed by atoms with Crippen LogP contribution in [0, 0.1) is 11.8 Å². The third-order valence-electron chi connectivity index (χ3n) is 4.75. The van der Waals surface area contributed by atoms with Crippen LogP contribution >= 0.6 is 15.9 Å². The Morgan fingerprint density at radius 2 is 2.00 bits per heavy atom. The van der Waals surface area contributed by atoms with E-state index in [1.54, 1.807) is 0 Å². The molecular weight excluding hydrogens is 318 g/mol. The van der Waals surface area contributed by atoms with E-state index in [2.05, 4.69) is 48.7 Å². The van der Waals surface area contributed by atoms with E-state index in [0.717, 1.165) is 23.0 Å². The minimum Gasteiger partial charge on any atom is -0.375 e. The van der Waals surface area contributed by atoms with Crippen molar-refractivity contribution >= 4 is 15.9 Å². The van der Waals surface area contributed by atoms with Crippen LogP contribution in [0.1, 0.15) is 39.1 Å². The van der Waals surface area contributed by atoms with E-state index in [1.165, 1.54) is 5.69 Å². The second-order valence-corrected chi connectivity index (χ2v) is 6.83. The molecule has 1 fully saturated rings. The fourth-order valence-electron chi connectivity index (χ4n) is 3.43. The number of hydrogen-bond acceptors (Lipinski definition) is 3. The highest BCUT2D eigenvalue weighted by Gasteiger charge is 2.40. The molecule has 1 aromatic heterocycles. The highest BCUT2D eigenvalue weighted by molar-refractivity contribution is 9.10. The molecule has 2 N–H and O–H groups in total. The molecule has 4 nitrogen and oxygen atoms in total. The zero-order valence-corrected chi connectivity index (χ0v) is 14.6. The summed E-state index contributed by atoms with van der Waals surface area (Å²) in [6, 6.07) is 0.0985. The first-order valence-corrected chi connectivity index (χ1v) is 8.27. The van der Waals surface area contributed by atoms with E-state index >= 15 is 0 Å². The Morgan fingerprint density at radius 1 is 1.35 bits per heavy atom. The molecule has 1 aliphatic heterocycles. The fourth-order valence-corrected chi connectivity index (χ4v) is 4.21. The number of halogens is 1. The molecule has 5 unspecified atom stereocenters. The van der Waals surface area contributed by atoms with Gasteiger partial charge in [0.15, 0.2) is 0 Å². The van der Waals surface area contributed by atoms with Crippen LogP contribution in [0.3, 0.4) is 0 Å². The van der Waals surface area contributed by atoms with E-state index in [-0.39, 0.29) is 12.1 Å². The lowest BCUT2D eigenvalue weighted by Gasteiger charge is -2.25. The number of aryl methyl sites for hydroxylation is 2. The molecule has 2 rings (SSSR count). The number of nitrogens with zero attached hydrogens (tertiary/aromatic N) is 2. The zero-order chi connectivity index (χ0) is 15.0. The molecule has 0 aliphatic carbocycles. The van der Waals surface area contributed by atoms with Crippen molar-refractivity contribution in [3.05, 3.63) is 15.9 Å². The summed E-state index contributed by atoms with van der Waals surface area (Å²) < 4.78 is 8.99. The number of hydrogen-bond donors (Lipinski definition) is 1. The lowest BCUT2D eigenvalue weighted by atomic mass is 9.82. The number of aromatic nitrogens is 2. The maximum absolute atomic E-state index is 6.50. The topological polar surface area (TPSA) is 53.1 Å². The first-order chi connectivity index (χ1) is 9.36. The summed E-state index contributed by atoms with van der Waals surface area (Å²) in [6.45, 7) is 8.64. The van der Waals surface area contributed by atoms with Crippen LogP contribution in [0.2, 0.25) is 0 Å². The van der Waals surface area contributed by atoms with Crippen molar-refractivity contribution < 1.29 is 4.74 Å². The van der Waals surface area contributed by atoms with Gasteiger partial charge in [-0.25, -0.2) is 0 Å². The molecule has 1 aromatic rings.